The Hall–Kier alpha value is -3.53. The van der Waals surface area contributed by atoms with Crippen molar-refractivity contribution >= 4 is 23.6 Å². The zero-order valence-electron chi connectivity index (χ0n) is 23.3. The van der Waals surface area contributed by atoms with E-state index >= 15 is 0 Å². The lowest BCUT2D eigenvalue weighted by Crippen LogP contribution is -2.44. The van der Waals surface area contributed by atoms with Gasteiger partial charge in [-0.3, -0.25) is 14.4 Å². The average Bonchev–Trinajstić information content (AvgIpc) is 3.49. The van der Waals surface area contributed by atoms with Crippen LogP contribution in [0.5, 0.6) is 0 Å². The number of allylic oxidation sites excluding steroid dienone is 2. The third kappa shape index (κ3) is 8.23. The van der Waals surface area contributed by atoms with Crippen LogP contribution in [-0.4, -0.2) is 69.9 Å². The van der Waals surface area contributed by atoms with E-state index in [1.54, 1.807) is 38.2 Å². The number of aryl methyl sites for hydroxylation is 1. The number of hydrogen-bond acceptors (Lipinski definition) is 8. The maximum atomic E-state index is 13.4. The lowest BCUT2D eigenvalue weighted by Gasteiger charge is -2.29. The second-order valence-electron chi connectivity index (χ2n) is 10.6. The number of oxazole rings is 1. The molecule has 2 bridgehead atoms. The van der Waals surface area contributed by atoms with Crippen molar-refractivity contribution in [3.8, 4) is 0 Å². The van der Waals surface area contributed by atoms with Crippen molar-refractivity contribution in [2.75, 3.05) is 13.1 Å². The molecule has 10 heteroatoms. The van der Waals surface area contributed by atoms with E-state index in [0.717, 1.165) is 5.57 Å². The first-order valence-corrected chi connectivity index (χ1v) is 13.4. The number of Topliss-reactive ketones (excluding diaryl/α,β-unsaturated/α-hetero) is 1. The van der Waals surface area contributed by atoms with Gasteiger partial charge < -0.3 is 24.5 Å². The van der Waals surface area contributed by atoms with E-state index in [1.165, 1.54) is 11.0 Å². The zero-order chi connectivity index (χ0) is 28.7. The van der Waals surface area contributed by atoms with Gasteiger partial charge in [-0.2, -0.15) is 0 Å². The Bertz CT molecular complexity index is 1160. The highest BCUT2D eigenvalue weighted by molar-refractivity contribution is 5.96. The summed E-state index contributed by atoms with van der Waals surface area (Å²) >= 11 is 0. The number of hydrogen-bond donors (Lipinski definition) is 2. The first-order valence-electron chi connectivity index (χ1n) is 13.4. The molecule has 2 aliphatic rings. The molecule has 10 nitrogen and oxygen atoms in total. The second kappa shape index (κ2) is 13.5. The molecule has 2 N–H and O–H groups in total. The summed E-state index contributed by atoms with van der Waals surface area (Å²) in [6, 6.07) is -0.766. The van der Waals surface area contributed by atoms with Gasteiger partial charge in [-0.05, 0) is 38.7 Å². The lowest BCUT2D eigenvalue weighted by atomic mass is 9.94. The highest BCUT2D eigenvalue weighted by Gasteiger charge is 2.39. The van der Waals surface area contributed by atoms with Gasteiger partial charge in [0.2, 0.25) is 11.8 Å². The Morgan fingerprint density at radius 1 is 1.15 bits per heavy atom. The molecule has 0 radical (unpaired) electrons. The topological polar surface area (TPSA) is 139 Å². The fraction of sp³-hybridized carbons (Fsp3) is 0.552. The third-order valence-electron chi connectivity index (χ3n) is 6.82. The molecule has 1 unspecified atom stereocenters. The number of cyclic esters (lactones) is 1. The standard InChI is InChI=1S/C29H39N3O7/c1-17(2)27-19(4)10-11-24(35)30-12-6-8-18(3)14-21(33)15-22(34)16-25-31-26(20(5)38-25)28(36)32-13-7-9-23(32)29(37)39-27/h6,8,10-11,14,17,19,21,23,27,33H,7,9,12-13,15-16H2,1-5H3,(H,30,35)/b8-6-,11-10-,18-14-/t19-,21-,23?,27-/m1/s1. The molecule has 4 atom stereocenters. The maximum Gasteiger partial charge on any atom is 0.329 e. The Morgan fingerprint density at radius 3 is 2.62 bits per heavy atom. The van der Waals surface area contributed by atoms with E-state index in [0.29, 0.717) is 19.4 Å². The number of esters is 1. The fourth-order valence-electron chi connectivity index (χ4n) is 4.88. The molecule has 3 rings (SSSR count). The first-order chi connectivity index (χ1) is 18.5. The summed E-state index contributed by atoms with van der Waals surface area (Å²) in [4.78, 5) is 57.2. The summed E-state index contributed by atoms with van der Waals surface area (Å²) < 4.78 is 11.5. The number of fused-ring (bicyclic) bond motifs is 3. The van der Waals surface area contributed by atoms with Crippen LogP contribution >= 0.6 is 0 Å². The molecule has 212 valence electrons. The molecule has 0 spiro atoms. The minimum Gasteiger partial charge on any atom is -0.460 e. The Kier molecular flexibility index (Phi) is 10.4. The molecule has 0 aliphatic carbocycles. The minimum absolute atomic E-state index is 0.0254. The van der Waals surface area contributed by atoms with Gasteiger partial charge >= 0.3 is 5.97 Å². The van der Waals surface area contributed by atoms with E-state index in [1.807, 2.05) is 20.8 Å². The molecule has 1 fully saturated rings. The van der Waals surface area contributed by atoms with E-state index in [4.69, 9.17) is 9.15 Å². The summed E-state index contributed by atoms with van der Waals surface area (Å²) in [5.41, 5.74) is 0.786. The monoisotopic (exact) mass is 541 g/mol. The van der Waals surface area contributed by atoms with Crippen LogP contribution in [0.4, 0.5) is 0 Å². The summed E-state index contributed by atoms with van der Waals surface area (Å²) in [7, 11) is 0. The van der Waals surface area contributed by atoms with Gasteiger partial charge in [0.15, 0.2) is 5.69 Å². The molecule has 1 aromatic rings. The highest BCUT2D eigenvalue weighted by atomic mass is 16.5. The molecule has 0 saturated carbocycles. The van der Waals surface area contributed by atoms with Gasteiger partial charge in [-0.25, -0.2) is 9.78 Å². The molecule has 0 aromatic carbocycles. The summed E-state index contributed by atoms with van der Waals surface area (Å²) in [6.45, 7) is 9.76. The quantitative estimate of drug-likeness (QED) is 0.518. The Morgan fingerprint density at radius 2 is 1.90 bits per heavy atom. The van der Waals surface area contributed by atoms with Crippen LogP contribution in [0, 0.1) is 18.8 Å². The van der Waals surface area contributed by atoms with E-state index in [9.17, 15) is 24.3 Å². The first kappa shape index (κ1) is 30.0. The maximum absolute atomic E-state index is 13.4. The number of ether oxygens (including phenoxy) is 1. The number of aliphatic hydroxyl groups excluding tert-OH is 1. The summed E-state index contributed by atoms with van der Waals surface area (Å²) in [5, 5.41) is 13.1. The van der Waals surface area contributed by atoms with Gasteiger partial charge in [-0.15, -0.1) is 0 Å². The number of ketones is 1. The van der Waals surface area contributed by atoms with Gasteiger partial charge in [0, 0.05) is 25.4 Å². The van der Waals surface area contributed by atoms with Crippen LogP contribution in [0.15, 0.2) is 40.4 Å². The Labute approximate surface area is 229 Å². The molecule has 2 aliphatic heterocycles. The highest BCUT2D eigenvalue weighted by Crippen LogP contribution is 2.26. The molecule has 2 amide bonds. The third-order valence-corrected chi connectivity index (χ3v) is 6.82. The van der Waals surface area contributed by atoms with Crippen LogP contribution in [0.1, 0.15) is 69.1 Å². The van der Waals surface area contributed by atoms with Crippen LogP contribution in [0.3, 0.4) is 0 Å². The zero-order valence-corrected chi connectivity index (χ0v) is 23.3. The lowest BCUT2D eigenvalue weighted by molar-refractivity contribution is -0.158. The summed E-state index contributed by atoms with van der Waals surface area (Å²) in [6.07, 6.45) is 7.44. The number of carbonyl (C=O) groups excluding carboxylic acids is 4. The van der Waals surface area contributed by atoms with Gasteiger partial charge in [0.05, 0.1) is 12.5 Å². The molecule has 1 saturated heterocycles. The van der Waals surface area contributed by atoms with Crippen LogP contribution in [0.2, 0.25) is 0 Å². The van der Waals surface area contributed by atoms with Gasteiger partial charge in [-0.1, -0.05) is 50.6 Å². The van der Waals surface area contributed by atoms with Crippen molar-refractivity contribution < 1.29 is 33.4 Å². The molecular formula is C29H39N3O7. The number of rotatable bonds is 1. The van der Waals surface area contributed by atoms with E-state index in [2.05, 4.69) is 10.3 Å². The molecular weight excluding hydrogens is 502 g/mol. The average molecular weight is 542 g/mol. The predicted molar refractivity (Wildman–Crippen MR) is 144 cm³/mol. The number of carbonyl (C=O) groups is 4. The number of aromatic nitrogens is 1. The number of nitrogens with zero attached hydrogens (tertiary/aromatic N) is 2. The number of aliphatic hydroxyl groups is 1. The van der Waals surface area contributed by atoms with Crippen molar-refractivity contribution in [3.63, 3.8) is 0 Å². The predicted octanol–water partition coefficient (Wildman–Crippen LogP) is 2.84. The van der Waals surface area contributed by atoms with Gasteiger partial charge in [0.1, 0.15) is 23.7 Å². The minimum atomic E-state index is -1.01. The fourth-order valence-corrected chi connectivity index (χ4v) is 4.88. The second-order valence-corrected chi connectivity index (χ2v) is 10.6. The van der Waals surface area contributed by atoms with Crippen LogP contribution in [0.25, 0.3) is 0 Å². The normalized spacial score (nSPS) is 29.3. The van der Waals surface area contributed by atoms with Crippen molar-refractivity contribution in [1.29, 1.82) is 0 Å². The molecule has 3 heterocycles. The number of amides is 2. The van der Waals surface area contributed by atoms with E-state index in [-0.39, 0.29) is 60.3 Å². The smallest absolute Gasteiger partial charge is 0.329 e. The number of nitrogens with one attached hydrogen (secondary N) is 1. The van der Waals surface area contributed by atoms with Crippen LogP contribution < -0.4 is 5.32 Å². The summed E-state index contributed by atoms with van der Waals surface area (Å²) in [5.74, 6) is -1.47. The van der Waals surface area contributed by atoms with Crippen molar-refractivity contribution in [2.24, 2.45) is 11.8 Å². The molecule has 39 heavy (non-hydrogen) atoms. The van der Waals surface area contributed by atoms with Crippen molar-refractivity contribution in [1.82, 2.24) is 15.2 Å². The van der Waals surface area contributed by atoms with E-state index < -0.39 is 30.1 Å². The largest absolute Gasteiger partial charge is 0.460 e. The van der Waals surface area contributed by atoms with Crippen molar-refractivity contribution in [3.05, 3.63) is 53.3 Å². The van der Waals surface area contributed by atoms with Crippen LogP contribution in [-0.2, 0) is 25.5 Å². The van der Waals surface area contributed by atoms with Crippen molar-refractivity contribution in [2.45, 2.75) is 78.6 Å². The van der Waals surface area contributed by atoms with Gasteiger partial charge in [0.25, 0.3) is 5.91 Å². The SMILES string of the molecule is CC1=C/[C@@H](O)CC(=O)Cc2nc(c(C)o2)C(=O)N2CCCC2C(=O)O[C@H](C(C)C)[C@H](C)/C=C\C(=O)NC/C=C\1. The molecule has 1 aromatic heterocycles. The Balaban J connectivity index is 1.89.